The van der Waals surface area contributed by atoms with Crippen molar-refractivity contribution in [2.24, 2.45) is 5.73 Å². The van der Waals surface area contributed by atoms with Crippen molar-refractivity contribution in [1.82, 2.24) is 4.72 Å². The van der Waals surface area contributed by atoms with E-state index >= 15 is 0 Å². The third-order valence-corrected chi connectivity index (χ3v) is 4.40. The molecular formula is C13H20N2O2S2. The van der Waals surface area contributed by atoms with E-state index in [9.17, 15) is 8.42 Å². The molecule has 0 aliphatic rings. The van der Waals surface area contributed by atoms with Gasteiger partial charge in [-0.1, -0.05) is 49.8 Å². The van der Waals surface area contributed by atoms with Crippen LogP contribution in [0.1, 0.15) is 37.8 Å². The maximum Gasteiger partial charge on any atom is 0.216 e. The Bertz CT molecular complexity index is 541. The molecule has 0 aromatic heterocycles. The molecular weight excluding hydrogens is 280 g/mol. The summed E-state index contributed by atoms with van der Waals surface area (Å²) in [6.45, 7) is 3.88. The van der Waals surface area contributed by atoms with Gasteiger partial charge in [0, 0.05) is 11.6 Å². The zero-order valence-corrected chi connectivity index (χ0v) is 12.9. The molecule has 0 fully saturated rings. The summed E-state index contributed by atoms with van der Waals surface area (Å²) in [4.78, 5) is 0.215. The minimum atomic E-state index is -3.38. The van der Waals surface area contributed by atoms with E-state index in [2.05, 4.69) is 4.72 Å². The van der Waals surface area contributed by atoms with E-state index in [0.29, 0.717) is 11.1 Å². The smallest absolute Gasteiger partial charge is 0.216 e. The molecule has 0 spiro atoms. The van der Waals surface area contributed by atoms with E-state index < -0.39 is 10.0 Å². The molecule has 0 aliphatic heterocycles. The fourth-order valence-electron chi connectivity index (χ4n) is 1.93. The third kappa shape index (κ3) is 5.26. The number of nitrogens with two attached hydrogens (primary N) is 1. The largest absolute Gasteiger partial charge is 0.389 e. The lowest BCUT2D eigenvalue weighted by molar-refractivity contribution is 0.543. The van der Waals surface area contributed by atoms with Crippen molar-refractivity contribution in [3.05, 3.63) is 35.4 Å². The number of hydrogen-bond acceptors (Lipinski definition) is 3. The normalized spacial score (nSPS) is 13.2. The third-order valence-electron chi connectivity index (χ3n) is 2.73. The van der Waals surface area contributed by atoms with Crippen molar-refractivity contribution in [2.75, 3.05) is 0 Å². The number of thiocarbonyl (C=S) groups is 1. The van der Waals surface area contributed by atoms with E-state index in [1.165, 1.54) is 0 Å². The van der Waals surface area contributed by atoms with Gasteiger partial charge in [0.25, 0.3) is 0 Å². The van der Waals surface area contributed by atoms with Crippen LogP contribution in [-0.2, 0) is 15.8 Å². The van der Waals surface area contributed by atoms with Gasteiger partial charge in [-0.2, -0.15) is 0 Å². The van der Waals surface area contributed by atoms with Gasteiger partial charge in [-0.05, 0) is 18.9 Å². The highest BCUT2D eigenvalue weighted by molar-refractivity contribution is 7.88. The minimum absolute atomic E-state index is 0.0630. The molecule has 0 saturated carbocycles. The lowest BCUT2D eigenvalue weighted by Gasteiger charge is -2.14. The molecule has 3 N–H and O–H groups in total. The van der Waals surface area contributed by atoms with Gasteiger partial charge in [0.15, 0.2) is 0 Å². The first-order valence-corrected chi connectivity index (χ1v) is 8.29. The van der Waals surface area contributed by atoms with Crippen LogP contribution in [0.2, 0.25) is 0 Å². The summed E-state index contributed by atoms with van der Waals surface area (Å²) >= 11 is 4.93. The predicted molar refractivity (Wildman–Crippen MR) is 82.5 cm³/mol. The molecule has 0 amide bonds. The molecule has 0 aliphatic carbocycles. The Kier molecular flexibility index (Phi) is 5.90. The average Bonchev–Trinajstić information content (AvgIpc) is 2.28. The van der Waals surface area contributed by atoms with Crippen LogP contribution in [0.25, 0.3) is 0 Å². The molecule has 6 heteroatoms. The predicted octanol–water partition coefficient (Wildman–Crippen LogP) is 1.93. The van der Waals surface area contributed by atoms with Crippen LogP contribution in [0, 0.1) is 0 Å². The van der Waals surface area contributed by atoms with Gasteiger partial charge >= 0.3 is 0 Å². The van der Waals surface area contributed by atoms with E-state index in [1.54, 1.807) is 24.3 Å². The first-order valence-electron chi connectivity index (χ1n) is 6.23. The zero-order chi connectivity index (χ0) is 14.5. The summed E-state index contributed by atoms with van der Waals surface area (Å²) in [6, 6.07) is 6.98. The Balaban J connectivity index is 2.87. The van der Waals surface area contributed by atoms with Crippen molar-refractivity contribution < 1.29 is 8.42 Å². The zero-order valence-electron chi connectivity index (χ0n) is 11.2. The molecule has 1 atom stereocenters. The molecule has 0 saturated heterocycles. The SMILES string of the molecule is CCCC(C)NS(=O)(=O)Cc1ccccc1C(N)=S. The van der Waals surface area contributed by atoms with Gasteiger partial charge in [0.05, 0.1) is 5.75 Å². The molecule has 1 aromatic rings. The van der Waals surface area contributed by atoms with Crippen molar-refractivity contribution in [1.29, 1.82) is 0 Å². The van der Waals surface area contributed by atoms with E-state index in [0.717, 1.165) is 12.8 Å². The molecule has 0 radical (unpaired) electrons. The van der Waals surface area contributed by atoms with E-state index in [-0.39, 0.29) is 16.8 Å². The van der Waals surface area contributed by atoms with Crippen LogP contribution in [0.5, 0.6) is 0 Å². The van der Waals surface area contributed by atoms with Gasteiger partial charge in [0.1, 0.15) is 4.99 Å². The summed E-state index contributed by atoms with van der Waals surface area (Å²) in [5.41, 5.74) is 6.85. The number of sulfonamides is 1. The van der Waals surface area contributed by atoms with Crippen molar-refractivity contribution >= 4 is 27.2 Å². The minimum Gasteiger partial charge on any atom is -0.389 e. The van der Waals surface area contributed by atoms with Crippen molar-refractivity contribution in [2.45, 2.75) is 38.5 Å². The summed E-state index contributed by atoms with van der Waals surface area (Å²) in [6.07, 6.45) is 1.75. The van der Waals surface area contributed by atoms with E-state index in [1.807, 2.05) is 13.8 Å². The quantitative estimate of drug-likeness (QED) is 0.755. The number of hydrogen-bond donors (Lipinski definition) is 2. The van der Waals surface area contributed by atoms with Gasteiger partial charge in [0.2, 0.25) is 10.0 Å². The Labute approximate surface area is 120 Å². The van der Waals surface area contributed by atoms with Gasteiger partial charge in [-0.25, -0.2) is 13.1 Å². The van der Waals surface area contributed by atoms with Crippen LogP contribution in [-0.4, -0.2) is 19.4 Å². The molecule has 106 valence electrons. The average molecular weight is 300 g/mol. The Morgan fingerprint density at radius 1 is 1.42 bits per heavy atom. The van der Waals surface area contributed by atoms with Crippen LogP contribution < -0.4 is 10.5 Å². The fourth-order valence-corrected chi connectivity index (χ4v) is 3.61. The van der Waals surface area contributed by atoms with Crippen LogP contribution in [0.3, 0.4) is 0 Å². The molecule has 0 bridgehead atoms. The monoisotopic (exact) mass is 300 g/mol. The summed E-state index contributed by atoms with van der Waals surface area (Å²) in [5, 5.41) is 0. The molecule has 0 heterocycles. The Morgan fingerprint density at radius 2 is 2.05 bits per heavy atom. The van der Waals surface area contributed by atoms with Crippen LogP contribution in [0.15, 0.2) is 24.3 Å². The topological polar surface area (TPSA) is 72.2 Å². The van der Waals surface area contributed by atoms with Gasteiger partial charge < -0.3 is 5.73 Å². The number of benzene rings is 1. The standard InChI is InChI=1S/C13H20N2O2S2/c1-3-6-10(2)15-19(16,17)9-11-7-4-5-8-12(11)13(14)18/h4-5,7-8,10,15H,3,6,9H2,1-2H3,(H2,14,18). The molecule has 1 rings (SSSR count). The van der Waals surface area contributed by atoms with E-state index in [4.69, 9.17) is 18.0 Å². The van der Waals surface area contributed by atoms with Gasteiger partial charge in [-0.3, -0.25) is 0 Å². The van der Waals surface area contributed by atoms with Crippen LogP contribution in [0.4, 0.5) is 0 Å². The Hall–Kier alpha value is -0.980. The highest BCUT2D eigenvalue weighted by Gasteiger charge is 2.17. The second kappa shape index (κ2) is 6.98. The molecule has 19 heavy (non-hydrogen) atoms. The maximum absolute atomic E-state index is 12.1. The lowest BCUT2D eigenvalue weighted by Crippen LogP contribution is -2.33. The van der Waals surface area contributed by atoms with Crippen molar-refractivity contribution in [3.63, 3.8) is 0 Å². The van der Waals surface area contributed by atoms with Crippen molar-refractivity contribution in [3.8, 4) is 0 Å². The highest BCUT2D eigenvalue weighted by Crippen LogP contribution is 2.12. The lowest BCUT2D eigenvalue weighted by atomic mass is 10.1. The summed E-state index contributed by atoms with van der Waals surface area (Å²) in [5.74, 6) is -0.103. The second-order valence-corrected chi connectivity index (χ2v) is 6.78. The summed E-state index contributed by atoms with van der Waals surface area (Å²) in [7, 11) is -3.38. The fraction of sp³-hybridized carbons (Fsp3) is 0.462. The second-order valence-electron chi connectivity index (χ2n) is 4.59. The first-order chi connectivity index (χ1) is 8.85. The van der Waals surface area contributed by atoms with Crippen LogP contribution >= 0.6 is 12.2 Å². The number of rotatable bonds is 7. The first kappa shape index (κ1) is 16.1. The molecule has 1 unspecified atom stereocenters. The Morgan fingerprint density at radius 3 is 2.63 bits per heavy atom. The maximum atomic E-state index is 12.1. The molecule has 1 aromatic carbocycles. The highest BCUT2D eigenvalue weighted by atomic mass is 32.2. The number of nitrogens with one attached hydrogen (secondary N) is 1. The molecule has 4 nitrogen and oxygen atoms in total. The van der Waals surface area contributed by atoms with Gasteiger partial charge in [-0.15, -0.1) is 0 Å². The summed E-state index contributed by atoms with van der Waals surface area (Å²) < 4.78 is 26.8.